The number of rotatable bonds is 6. The van der Waals surface area contributed by atoms with Crippen LogP contribution < -0.4 is 9.64 Å². The van der Waals surface area contributed by atoms with Crippen molar-refractivity contribution in [1.29, 1.82) is 0 Å². The molecule has 0 unspecified atom stereocenters. The highest BCUT2D eigenvalue weighted by Gasteiger charge is 2.48. The number of carbonyl (C=O) groups excluding carboxylic acids is 2. The van der Waals surface area contributed by atoms with Crippen molar-refractivity contribution < 1.29 is 24.0 Å². The van der Waals surface area contributed by atoms with Gasteiger partial charge in [0.2, 0.25) is 0 Å². The fourth-order valence-electron chi connectivity index (χ4n) is 3.52. The fraction of sp³-hybridized carbons (Fsp3) is 0.125. The zero-order valence-corrected chi connectivity index (χ0v) is 17.9. The maximum atomic E-state index is 13.0. The molecule has 0 aliphatic carbocycles. The number of Topliss-reactive ketones (excluding diaryl/α,β-unsaturated/α-hetero) is 1. The summed E-state index contributed by atoms with van der Waals surface area (Å²) in [7, 11) is 0. The number of nitrogens with zero attached hydrogens (tertiary/aromatic N) is 2. The number of aliphatic hydroxyl groups is 1. The molecule has 2 heterocycles. The van der Waals surface area contributed by atoms with E-state index in [9.17, 15) is 14.7 Å². The topological polar surface area (TPSA) is 92.9 Å². The van der Waals surface area contributed by atoms with Crippen molar-refractivity contribution in [3.05, 3.63) is 94.7 Å². The van der Waals surface area contributed by atoms with Crippen LogP contribution in [0.3, 0.4) is 0 Å². The van der Waals surface area contributed by atoms with E-state index in [-0.39, 0.29) is 17.2 Å². The molecule has 0 bridgehead atoms. The number of aryl methyl sites for hydroxylation is 1. The van der Waals surface area contributed by atoms with Crippen LogP contribution in [-0.4, -0.2) is 28.6 Å². The fourth-order valence-corrected chi connectivity index (χ4v) is 3.64. The molecule has 7 nitrogen and oxygen atoms in total. The number of ether oxygens (including phenoxy) is 1. The van der Waals surface area contributed by atoms with Gasteiger partial charge < -0.3 is 14.4 Å². The standard InChI is InChI=1S/C24H19ClN2O5/c1-3-12-31-18-10-6-16(7-11-18)22(28)20-21(15-4-8-17(25)9-5-15)27(24(30)23(20)29)19-13-14(2)32-26-19/h3-11,13,21,28H,1,12H2,2H3/b22-20+/t21-/m0/s1. The van der Waals surface area contributed by atoms with Crippen molar-refractivity contribution in [2.45, 2.75) is 13.0 Å². The van der Waals surface area contributed by atoms with Crippen LogP contribution in [-0.2, 0) is 9.59 Å². The Morgan fingerprint density at radius 2 is 1.91 bits per heavy atom. The third-order valence-electron chi connectivity index (χ3n) is 4.99. The highest BCUT2D eigenvalue weighted by molar-refractivity contribution is 6.51. The molecule has 162 valence electrons. The number of ketones is 1. The van der Waals surface area contributed by atoms with Crippen LogP contribution in [0.25, 0.3) is 5.76 Å². The number of carbonyl (C=O) groups is 2. The molecule has 8 heteroatoms. The number of benzene rings is 2. The summed E-state index contributed by atoms with van der Waals surface area (Å²) in [5.41, 5.74) is 0.892. The van der Waals surface area contributed by atoms with E-state index in [4.69, 9.17) is 20.9 Å². The van der Waals surface area contributed by atoms with Crippen molar-refractivity contribution >= 4 is 34.9 Å². The zero-order chi connectivity index (χ0) is 22.8. The molecule has 1 fully saturated rings. The number of aromatic nitrogens is 1. The van der Waals surface area contributed by atoms with Gasteiger partial charge in [-0.1, -0.05) is 41.5 Å². The second kappa shape index (κ2) is 8.72. The van der Waals surface area contributed by atoms with Gasteiger partial charge in [-0.15, -0.1) is 0 Å². The Labute approximate surface area is 189 Å². The highest BCUT2D eigenvalue weighted by Crippen LogP contribution is 2.42. The summed E-state index contributed by atoms with van der Waals surface area (Å²) >= 11 is 6.02. The Kier molecular flexibility index (Phi) is 5.83. The molecule has 1 amide bonds. The van der Waals surface area contributed by atoms with Gasteiger partial charge in [0, 0.05) is 16.7 Å². The van der Waals surface area contributed by atoms with Gasteiger partial charge in [-0.2, -0.15) is 0 Å². The lowest BCUT2D eigenvalue weighted by Crippen LogP contribution is -2.29. The first-order valence-corrected chi connectivity index (χ1v) is 10.1. The molecule has 0 spiro atoms. The van der Waals surface area contributed by atoms with Crippen molar-refractivity contribution in [1.82, 2.24) is 5.16 Å². The Balaban J connectivity index is 1.84. The van der Waals surface area contributed by atoms with E-state index in [0.717, 1.165) is 0 Å². The maximum Gasteiger partial charge on any atom is 0.301 e. The number of aliphatic hydroxyl groups excluding tert-OH is 1. The van der Waals surface area contributed by atoms with E-state index in [1.165, 1.54) is 4.90 Å². The van der Waals surface area contributed by atoms with Gasteiger partial charge >= 0.3 is 5.91 Å². The first-order valence-electron chi connectivity index (χ1n) is 9.74. The van der Waals surface area contributed by atoms with Gasteiger partial charge in [-0.25, -0.2) is 0 Å². The number of anilines is 1. The van der Waals surface area contributed by atoms with Gasteiger partial charge in [0.25, 0.3) is 5.78 Å². The van der Waals surface area contributed by atoms with Gasteiger partial charge in [0.1, 0.15) is 23.9 Å². The van der Waals surface area contributed by atoms with Crippen LogP contribution in [0.15, 0.2) is 77.3 Å². The molecule has 1 N–H and O–H groups in total. The zero-order valence-electron chi connectivity index (χ0n) is 17.1. The molecular formula is C24H19ClN2O5. The van der Waals surface area contributed by atoms with Gasteiger partial charge in [-0.05, 0) is 48.9 Å². The molecule has 0 saturated carbocycles. The average molecular weight is 451 g/mol. The monoisotopic (exact) mass is 450 g/mol. The summed E-state index contributed by atoms with van der Waals surface area (Å²) in [6.07, 6.45) is 1.62. The third-order valence-corrected chi connectivity index (χ3v) is 5.24. The van der Waals surface area contributed by atoms with Crippen molar-refractivity contribution in [3.8, 4) is 5.75 Å². The number of hydrogen-bond acceptors (Lipinski definition) is 6. The predicted molar refractivity (Wildman–Crippen MR) is 120 cm³/mol. The normalized spacial score (nSPS) is 17.6. The molecule has 1 aliphatic rings. The van der Waals surface area contributed by atoms with Gasteiger partial charge in [0.15, 0.2) is 5.82 Å². The molecule has 1 atom stereocenters. The van der Waals surface area contributed by atoms with E-state index in [2.05, 4.69) is 11.7 Å². The Morgan fingerprint density at radius 1 is 1.22 bits per heavy atom. The van der Waals surface area contributed by atoms with E-state index >= 15 is 0 Å². The minimum absolute atomic E-state index is 0.0577. The molecule has 4 rings (SSSR count). The van der Waals surface area contributed by atoms with Crippen LogP contribution in [0.2, 0.25) is 5.02 Å². The molecule has 1 aliphatic heterocycles. The molecule has 3 aromatic rings. The van der Waals surface area contributed by atoms with Crippen LogP contribution >= 0.6 is 11.6 Å². The molecule has 0 radical (unpaired) electrons. The number of halogens is 1. The second-order valence-corrected chi connectivity index (χ2v) is 7.58. The molecule has 1 saturated heterocycles. The van der Waals surface area contributed by atoms with Crippen LogP contribution in [0, 0.1) is 6.92 Å². The highest BCUT2D eigenvalue weighted by atomic mass is 35.5. The van der Waals surface area contributed by atoms with Gasteiger partial charge in [0.05, 0.1) is 11.6 Å². The van der Waals surface area contributed by atoms with Crippen LogP contribution in [0.1, 0.15) is 22.9 Å². The number of hydrogen-bond donors (Lipinski definition) is 1. The first kappa shape index (κ1) is 21.4. The summed E-state index contributed by atoms with van der Waals surface area (Å²) in [4.78, 5) is 27.2. The summed E-state index contributed by atoms with van der Waals surface area (Å²) in [5.74, 6) is -0.708. The Morgan fingerprint density at radius 3 is 2.50 bits per heavy atom. The van der Waals surface area contributed by atoms with E-state index in [1.54, 1.807) is 67.6 Å². The minimum atomic E-state index is -0.909. The first-order chi connectivity index (χ1) is 15.4. The maximum absolute atomic E-state index is 13.0. The molecule has 1 aromatic heterocycles. The predicted octanol–water partition coefficient (Wildman–Crippen LogP) is 4.83. The van der Waals surface area contributed by atoms with E-state index in [0.29, 0.717) is 34.3 Å². The lowest BCUT2D eigenvalue weighted by atomic mass is 9.95. The average Bonchev–Trinajstić information content (AvgIpc) is 3.33. The van der Waals surface area contributed by atoms with Crippen molar-refractivity contribution in [2.24, 2.45) is 0 Å². The SMILES string of the molecule is C=CCOc1ccc(/C(O)=C2\C(=O)C(=O)N(c3cc(C)on3)[C@H]2c2ccc(Cl)cc2)cc1. The van der Waals surface area contributed by atoms with Crippen molar-refractivity contribution in [2.75, 3.05) is 11.5 Å². The van der Waals surface area contributed by atoms with E-state index in [1.807, 2.05) is 0 Å². The number of amides is 1. The van der Waals surface area contributed by atoms with E-state index < -0.39 is 17.7 Å². The van der Waals surface area contributed by atoms with Crippen LogP contribution in [0.5, 0.6) is 5.75 Å². The third kappa shape index (κ3) is 3.90. The van der Waals surface area contributed by atoms with Crippen LogP contribution in [0.4, 0.5) is 5.82 Å². The molecule has 2 aromatic carbocycles. The lowest BCUT2D eigenvalue weighted by Gasteiger charge is -2.22. The largest absolute Gasteiger partial charge is 0.507 e. The smallest absolute Gasteiger partial charge is 0.301 e. The summed E-state index contributed by atoms with van der Waals surface area (Å²) < 4.78 is 10.6. The minimum Gasteiger partial charge on any atom is -0.507 e. The van der Waals surface area contributed by atoms with Gasteiger partial charge in [-0.3, -0.25) is 14.5 Å². The van der Waals surface area contributed by atoms with Crippen molar-refractivity contribution in [3.63, 3.8) is 0 Å². The molecule has 32 heavy (non-hydrogen) atoms. The quantitative estimate of drug-likeness (QED) is 0.250. The Bertz CT molecular complexity index is 1210. The summed E-state index contributed by atoms with van der Waals surface area (Å²) in [5, 5.41) is 15.5. The Hall–Kier alpha value is -3.84. The summed E-state index contributed by atoms with van der Waals surface area (Å²) in [6.45, 7) is 5.62. The lowest BCUT2D eigenvalue weighted by molar-refractivity contribution is -0.132. The summed E-state index contributed by atoms with van der Waals surface area (Å²) in [6, 6.07) is 13.9. The second-order valence-electron chi connectivity index (χ2n) is 7.14. The molecular weight excluding hydrogens is 432 g/mol.